The summed E-state index contributed by atoms with van der Waals surface area (Å²) < 4.78 is 0. The van der Waals surface area contributed by atoms with E-state index in [9.17, 15) is 14.7 Å². The Morgan fingerprint density at radius 1 is 1.11 bits per heavy atom. The summed E-state index contributed by atoms with van der Waals surface area (Å²) in [6, 6.07) is 16.7. The van der Waals surface area contributed by atoms with Crippen molar-refractivity contribution in [2.75, 3.05) is 5.32 Å². The lowest BCUT2D eigenvalue weighted by Gasteiger charge is -2.12. The zero-order chi connectivity index (χ0) is 19.4. The normalized spacial score (nSPS) is 11.8. The molecule has 1 amide bonds. The number of amides is 1. The smallest absolute Gasteiger partial charge is 0.339 e. The third kappa shape index (κ3) is 4.56. The quantitative estimate of drug-likeness (QED) is 0.542. The second-order valence-corrected chi connectivity index (χ2v) is 7.55. The van der Waals surface area contributed by atoms with Crippen molar-refractivity contribution in [3.8, 4) is 10.4 Å². The average molecular weight is 400 g/mol. The summed E-state index contributed by atoms with van der Waals surface area (Å²) in [7, 11) is 0. The highest BCUT2D eigenvalue weighted by Crippen LogP contribution is 2.36. The fourth-order valence-electron chi connectivity index (χ4n) is 2.85. The molecular weight excluding hydrogens is 382 g/mol. The van der Waals surface area contributed by atoms with Crippen molar-refractivity contribution < 1.29 is 14.7 Å². The van der Waals surface area contributed by atoms with Crippen LogP contribution in [0.4, 0.5) is 5.69 Å². The number of hydrogen-bond acceptors (Lipinski definition) is 3. The Morgan fingerprint density at radius 3 is 2.41 bits per heavy atom. The number of carbonyl (C=O) groups excluding carboxylic acids is 1. The molecule has 0 aliphatic carbocycles. The van der Waals surface area contributed by atoms with Gasteiger partial charge in [0.15, 0.2) is 0 Å². The van der Waals surface area contributed by atoms with Gasteiger partial charge in [-0.25, -0.2) is 4.79 Å². The Hall–Kier alpha value is -2.63. The number of rotatable bonds is 6. The number of anilines is 1. The van der Waals surface area contributed by atoms with Crippen LogP contribution in [0.2, 0.25) is 5.02 Å². The van der Waals surface area contributed by atoms with Crippen molar-refractivity contribution in [1.82, 2.24) is 0 Å². The van der Waals surface area contributed by atoms with Gasteiger partial charge in [-0.2, -0.15) is 0 Å². The van der Waals surface area contributed by atoms with Crippen LogP contribution in [0.25, 0.3) is 10.4 Å². The molecule has 0 radical (unpaired) electrons. The molecule has 0 aliphatic heterocycles. The maximum Gasteiger partial charge on any atom is 0.339 e. The number of thiophene rings is 1. The van der Waals surface area contributed by atoms with Gasteiger partial charge >= 0.3 is 5.97 Å². The molecule has 1 atom stereocenters. The van der Waals surface area contributed by atoms with Gasteiger partial charge in [0.05, 0.1) is 10.6 Å². The van der Waals surface area contributed by atoms with Crippen molar-refractivity contribution >= 4 is 40.5 Å². The summed E-state index contributed by atoms with van der Waals surface area (Å²) >= 11 is 7.19. The SMILES string of the molecule is CC(CC(=O)Nc1csc(-c2ccc(Cl)cc2)c1C(=O)O)c1ccccc1. The third-order valence-corrected chi connectivity index (χ3v) is 5.53. The molecule has 0 saturated heterocycles. The first-order valence-electron chi connectivity index (χ1n) is 8.41. The first kappa shape index (κ1) is 19.1. The van der Waals surface area contributed by atoms with E-state index < -0.39 is 5.97 Å². The molecule has 2 aromatic carbocycles. The zero-order valence-corrected chi connectivity index (χ0v) is 16.2. The second kappa shape index (κ2) is 8.37. The first-order valence-corrected chi connectivity index (χ1v) is 9.67. The minimum atomic E-state index is -1.08. The number of nitrogens with one attached hydrogen (secondary N) is 1. The summed E-state index contributed by atoms with van der Waals surface area (Å²) in [6.45, 7) is 1.97. The number of carboxylic acids is 1. The van der Waals surface area contributed by atoms with Crippen LogP contribution >= 0.6 is 22.9 Å². The molecule has 2 N–H and O–H groups in total. The highest BCUT2D eigenvalue weighted by Gasteiger charge is 2.21. The Kier molecular flexibility index (Phi) is 5.94. The van der Waals surface area contributed by atoms with Crippen molar-refractivity contribution in [3.63, 3.8) is 0 Å². The first-order chi connectivity index (χ1) is 13.0. The Morgan fingerprint density at radius 2 is 1.78 bits per heavy atom. The molecule has 3 rings (SSSR count). The van der Waals surface area contributed by atoms with Gasteiger partial charge in [-0.05, 0) is 29.2 Å². The molecule has 0 bridgehead atoms. The largest absolute Gasteiger partial charge is 0.478 e. The van der Waals surface area contributed by atoms with Gasteiger partial charge in [-0.1, -0.05) is 61.0 Å². The monoisotopic (exact) mass is 399 g/mol. The predicted molar refractivity (Wildman–Crippen MR) is 110 cm³/mol. The Bertz CT molecular complexity index is 951. The van der Waals surface area contributed by atoms with Crippen LogP contribution in [-0.4, -0.2) is 17.0 Å². The molecule has 0 aliphatic rings. The lowest BCUT2D eigenvalue weighted by molar-refractivity contribution is -0.116. The van der Waals surface area contributed by atoms with Crippen LogP contribution in [-0.2, 0) is 4.79 Å². The van der Waals surface area contributed by atoms with Gasteiger partial charge in [0.25, 0.3) is 0 Å². The van der Waals surface area contributed by atoms with Crippen LogP contribution in [0, 0.1) is 0 Å². The minimum Gasteiger partial charge on any atom is -0.478 e. The van der Waals surface area contributed by atoms with Gasteiger partial charge in [0, 0.05) is 16.8 Å². The third-order valence-electron chi connectivity index (χ3n) is 4.25. The van der Waals surface area contributed by atoms with Gasteiger partial charge in [0.2, 0.25) is 5.91 Å². The van der Waals surface area contributed by atoms with Gasteiger partial charge < -0.3 is 10.4 Å². The molecule has 0 saturated carbocycles. The van der Waals surface area contributed by atoms with Crippen LogP contribution in [0.1, 0.15) is 35.2 Å². The molecule has 3 aromatic rings. The van der Waals surface area contributed by atoms with E-state index in [4.69, 9.17) is 11.6 Å². The summed E-state index contributed by atoms with van der Waals surface area (Å²) in [4.78, 5) is 24.8. The minimum absolute atomic E-state index is 0.0360. The van der Waals surface area contributed by atoms with E-state index in [0.717, 1.165) is 11.1 Å². The van der Waals surface area contributed by atoms with Crippen LogP contribution in [0.3, 0.4) is 0 Å². The lowest BCUT2D eigenvalue weighted by atomic mass is 9.97. The number of carboxylic acid groups (broad SMARTS) is 1. The number of halogens is 1. The maximum atomic E-state index is 12.4. The molecule has 27 heavy (non-hydrogen) atoms. The van der Waals surface area contributed by atoms with Crippen LogP contribution in [0.5, 0.6) is 0 Å². The summed E-state index contributed by atoms with van der Waals surface area (Å²) in [5.74, 6) is -1.25. The van der Waals surface area contributed by atoms with Gasteiger partial charge in [-0.3, -0.25) is 4.79 Å². The molecule has 138 valence electrons. The Balaban J connectivity index is 1.79. The molecule has 1 heterocycles. The summed E-state index contributed by atoms with van der Waals surface area (Å²) in [5, 5.41) is 14.7. The predicted octanol–water partition coefficient (Wildman–Crippen LogP) is 5.90. The maximum absolute atomic E-state index is 12.4. The van der Waals surface area contributed by atoms with E-state index in [-0.39, 0.29) is 23.8 Å². The molecule has 0 fully saturated rings. The molecule has 0 spiro atoms. The van der Waals surface area contributed by atoms with Crippen molar-refractivity contribution in [2.45, 2.75) is 19.3 Å². The van der Waals surface area contributed by atoms with E-state index in [2.05, 4.69) is 5.32 Å². The van der Waals surface area contributed by atoms with E-state index in [1.165, 1.54) is 11.3 Å². The van der Waals surface area contributed by atoms with Crippen molar-refractivity contribution in [3.05, 3.63) is 76.1 Å². The highest BCUT2D eigenvalue weighted by molar-refractivity contribution is 7.14. The Labute approximate surface area is 166 Å². The number of aromatic carboxylic acids is 1. The number of hydrogen-bond donors (Lipinski definition) is 2. The van der Waals surface area contributed by atoms with Gasteiger partial charge in [-0.15, -0.1) is 11.3 Å². The molecule has 1 unspecified atom stereocenters. The lowest BCUT2D eigenvalue weighted by Crippen LogP contribution is -2.16. The van der Waals surface area contributed by atoms with Crippen LogP contribution in [0.15, 0.2) is 60.0 Å². The standard InChI is InChI=1S/C21H18ClNO3S/c1-13(14-5-3-2-4-6-14)11-18(24)23-17-12-27-20(19(17)21(25)26)15-7-9-16(22)10-8-15/h2-10,12-13H,11H2,1H3,(H,23,24)(H,25,26). The zero-order valence-electron chi connectivity index (χ0n) is 14.6. The van der Waals surface area contributed by atoms with Crippen molar-refractivity contribution in [1.29, 1.82) is 0 Å². The van der Waals surface area contributed by atoms with Crippen LogP contribution < -0.4 is 5.32 Å². The molecule has 1 aromatic heterocycles. The number of carbonyl (C=O) groups is 2. The van der Waals surface area contributed by atoms with E-state index in [1.54, 1.807) is 29.6 Å². The van der Waals surface area contributed by atoms with Gasteiger partial charge in [0.1, 0.15) is 5.56 Å². The molecule has 6 heteroatoms. The number of benzene rings is 2. The highest BCUT2D eigenvalue weighted by atomic mass is 35.5. The summed E-state index contributed by atoms with van der Waals surface area (Å²) in [6.07, 6.45) is 0.273. The van der Waals surface area contributed by atoms with E-state index in [0.29, 0.717) is 15.6 Å². The fourth-order valence-corrected chi connectivity index (χ4v) is 3.98. The average Bonchev–Trinajstić information content (AvgIpc) is 3.06. The summed E-state index contributed by atoms with van der Waals surface area (Å²) in [5.41, 5.74) is 2.24. The topological polar surface area (TPSA) is 66.4 Å². The second-order valence-electron chi connectivity index (χ2n) is 6.23. The van der Waals surface area contributed by atoms with E-state index >= 15 is 0 Å². The fraction of sp³-hybridized carbons (Fsp3) is 0.143. The molecule has 4 nitrogen and oxygen atoms in total. The van der Waals surface area contributed by atoms with E-state index in [1.807, 2.05) is 37.3 Å². The van der Waals surface area contributed by atoms with Crippen molar-refractivity contribution in [2.24, 2.45) is 0 Å². The molecular formula is C21H18ClNO3S.